The Kier molecular flexibility index (Phi) is 6.97. The minimum atomic E-state index is -0.134. The van der Waals surface area contributed by atoms with E-state index >= 15 is 0 Å². The lowest BCUT2D eigenvalue weighted by Gasteiger charge is -2.25. The Labute approximate surface area is 186 Å². The monoisotopic (exact) mass is 439 g/mol. The fourth-order valence-electron chi connectivity index (χ4n) is 4.28. The molecule has 0 unspecified atom stereocenters. The minimum absolute atomic E-state index is 0.0727. The van der Waals surface area contributed by atoms with Crippen molar-refractivity contribution >= 4 is 16.7 Å². The molecule has 0 aliphatic heterocycles. The number of ether oxygens (including phenoxy) is 2. The van der Waals surface area contributed by atoms with Gasteiger partial charge in [0.2, 0.25) is 0 Å². The Balaban J connectivity index is 1.70. The van der Waals surface area contributed by atoms with Gasteiger partial charge in [-0.15, -0.1) is 0 Å². The van der Waals surface area contributed by atoms with Crippen LogP contribution in [0.25, 0.3) is 22.1 Å². The van der Waals surface area contributed by atoms with Crippen LogP contribution in [-0.4, -0.2) is 49.7 Å². The molecule has 32 heavy (non-hydrogen) atoms. The number of nitrogens with zero attached hydrogens (tertiary/aromatic N) is 1. The maximum Gasteiger partial charge on any atom is 0.200 e. The highest BCUT2D eigenvalue weighted by atomic mass is 16.5. The highest BCUT2D eigenvalue weighted by Gasteiger charge is 2.18. The maximum atomic E-state index is 13.2. The largest absolute Gasteiger partial charge is 0.495 e. The first-order valence-electron chi connectivity index (χ1n) is 11.0. The Morgan fingerprint density at radius 1 is 1.06 bits per heavy atom. The van der Waals surface area contributed by atoms with E-state index in [1.54, 1.807) is 31.4 Å². The number of aliphatic hydroxyl groups excluding tert-OH is 2. The summed E-state index contributed by atoms with van der Waals surface area (Å²) < 4.78 is 17.3. The highest BCUT2D eigenvalue weighted by Crippen LogP contribution is 2.33. The second-order valence-electron chi connectivity index (χ2n) is 7.98. The molecule has 0 spiro atoms. The molecule has 0 bridgehead atoms. The van der Waals surface area contributed by atoms with Gasteiger partial charge in [0.1, 0.15) is 23.3 Å². The van der Waals surface area contributed by atoms with E-state index in [-0.39, 0.29) is 24.7 Å². The summed E-state index contributed by atoms with van der Waals surface area (Å²) in [6, 6.07) is 10.7. The molecule has 1 fully saturated rings. The van der Waals surface area contributed by atoms with Crippen molar-refractivity contribution in [1.29, 1.82) is 0 Å². The normalized spacial score (nSPS) is 14.1. The van der Waals surface area contributed by atoms with Crippen LogP contribution in [0.15, 0.2) is 51.9 Å². The molecule has 4 rings (SSSR count). The first-order valence-corrected chi connectivity index (χ1v) is 11.0. The lowest BCUT2D eigenvalue weighted by molar-refractivity contribution is 0.210. The van der Waals surface area contributed by atoms with Gasteiger partial charge in [-0.1, -0.05) is 6.07 Å². The Morgan fingerprint density at radius 2 is 1.81 bits per heavy atom. The van der Waals surface area contributed by atoms with Gasteiger partial charge < -0.3 is 29.0 Å². The van der Waals surface area contributed by atoms with Gasteiger partial charge in [-0.3, -0.25) is 4.79 Å². The molecule has 7 heteroatoms. The van der Waals surface area contributed by atoms with Crippen LogP contribution in [0, 0.1) is 0 Å². The van der Waals surface area contributed by atoms with Crippen LogP contribution in [0.5, 0.6) is 11.5 Å². The fourth-order valence-corrected chi connectivity index (χ4v) is 4.28. The number of hydrogen-bond donors (Lipinski definition) is 2. The van der Waals surface area contributed by atoms with E-state index in [0.29, 0.717) is 46.6 Å². The van der Waals surface area contributed by atoms with E-state index in [1.807, 2.05) is 17.0 Å². The van der Waals surface area contributed by atoms with Crippen molar-refractivity contribution in [2.75, 3.05) is 38.3 Å². The third-order valence-electron chi connectivity index (χ3n) is 5.92. The lowest BCUT2D eigenvalue weighted by Crippen LogP contribution is -2.30. The van der Waals surface area contributed by atoms with Gasteiger partial charge in [-0.2, -0.15) is 0 Å². The van der Waals surface area contributed by atoms with Crippen LogP contribution in [0.4, 0.5) is 5.69 Å². The number of benzene rings is 2. The number of aliphatic hydroxyl groups is 2. The number of hydrogen-bond acceptors (Lipinski definition) is 7. The van der Waals surface area contributed by atoms with Crippen molar-refractivity contribution in [3.05, 3.63) is 52.9 Å². The first-order chi connectivity index (χ1) is 15.6. The molecule has 1 aliphatic rings. The summed E-state index contributed by atoms with van der Waals surface area (Å²) in [5, 5.41) is 19.3. The van der Waals surface area contributed by atoms with Crippen molar-refractivity contribution in [2.45, 2.75) is 31.8 Å². The molecule has 1 aromatic heterocycles. The molecule has 7 nitrogen and oxygen atoms in total. The number of rotatable bonds is 9. The average molecular weight is 440 g/mol. The first kappa shape index (κ1) is 22.2. The van der Waals surface area contributed by atoms with Crippen LogP contribution in [-0.2, 0) is 0 Å². The zero-order valence-electron chi connectivity index (χ0n) is 18.3. The summed E-state index contributed by atoms with van der Waals surface area (Å²) in [5.41, 5.74) is 2.14. The van der Waals surface area contributed by atoms with Gasteiger partial charge in [-0.05, 0) is 55.5 Å². The molecular weight excluding hydrogens is 410 g/mol. The van der Waals surface area contributed by atoms with Gasteiger partial charge in [0.15, 0.2) is 5.43 Å². The van der Waals surface area contributed by atoms with E-state index in [4.69, 9.17) is 13.9 Å². The molecule has 1 saturated carbocycles. The molecule has 1 heterocycles. The van der Waals surface area contributed by atoms with Gasteiger partial charge in [0.25, 0.3) is 0 Å². The van der Waals surface area contributed by atoms with E-state index in [0.717, 1.165) is 18.6 Å². The van der Waals surface area contributed by atoms with Crippen molar-refractivity contribution in [3.63, 3.8) is 0 Å². The molecule has 0 atom stereocenters. The van der Waals surface area contributed by atoms with Crippen LogP contribution < -0.4 is 19.8 Å². The SMILES string of the molecule is COc1ccc(-c2coc3cc(OC4CCCC4)ccc3c2=O)cc1N(CCO)CCO. The van der Waals surface area contributed by atoms with Crippen LogP contribution in [0.3, 0.4) is 0 Å². The maximum absolute atomic E-state index is 13.2. The summed E-state index contributed by atoms with van der Waals surface area (Å²) in [7, 11) is 1.56. The average Bonchev–Trinajstić information content (AvgIpc) is 3.32. The van der Waals surface area contributed by atoms with Crippen molar-refractivity contribution in [2.24, 2.45) is 0 Å². The summed E-state index contributed by atoms with van der Waals surface area (Å²) in [5.74, 6) is 1.31. The fraction of sp³-hybridized carbons (Fsp3) is 0.400. The van der Waals surface area contributed by atoms with E-state index in [1.165, 1.54) is 19.1 Å². The van der Waals surface area contributed by atoms with Crippen molar-refractivity contribution in [1.82, 2.24) is 0 Å². The topological polar surface area (TPSA) is 92.4 Å². The second kappa shape index (κ2) is 10.1. The summed E-state index contributed by atoms with van der Waals surface area (Å²) >= 11 is 0. The summed E-state index contributed by atoms with van der Waals surface area (Å²) in [6.45, 7) is 0.514. The minimum Gasteiger partial charge on any atom is -0.495 e. The molecule has 0 saturated heterocycles. The zero-order valence-corrected chi connectivity index (χ0v) is 18.3. The van der Waals surface area contributed by atoms with Crippen LogP contribution in [0.2, 0.25) is 0 Å². The number of methoxy groups -OCH3 is 1. The zero-order chi connectivity index (χ0) is 22.5. The van der Waals surface area contributed by atoms with Crippen LogP contribution >= 0.6 is 0 Å². The van der Waals surface area contributed by atoms with Gasteiger partial charge in [0.05, 0.1) is 43.1 Å². The van der Waals surface area contributed by atoms with Crippen molar-refractivity contribution < 1.29 is 24.1 Å². The van der Waals surface area contributed by atoms with Gasteiger partial charge >= 0.3 is 0 Å². The van der Waals surface area contributed by atoms with E-state index in [9.17, 15) is 15.0 Å². The third-order valence-corrected chi connectivity index (χ3v) is 5.92. The van der Waals surface area contributed by atoms with Crippen molar-refractivity contribution in [3.8, 4) is 22.6 Å². The molecular formula is C25H29NO6. The van der Waals surface area contributed by atoms with Gasteiger partial charge in [-0.25, -0.2) is 0 Å². The molecule has 2 aromatic carbocycles. The van der Waals surface area contributed by atoms with E-state index in [2.05, 4.69) is 0 Å². The third kappa shape index (κ3) is 4.59. The van der Waals surface area contributed by atoms with E-state index < -0.39 is 0 Å². The summed E-state index contributed by atoms with van der Waals surface area (Å²) in [4.78, 5) is 15.1. The van der Waals surface area contributed by atoms with Crippen LogP contribution in [0.1, 0.15) is 25.7 Å². The highest BCUT2D eigenvalue weighted by molar-refractivity contribution is 5.83. The summed E-state index contributed by atoms with van der Waals surface area (Å²) in [6.07, 6.45) is 6.20. The molecule has 0 radical (unpaired) electrons. The molecule has 1 aliphatic carbocycles. The van der Waals surface area contributed by atoms with Gasteiger partial charge in [0, 0.05) is 19.2 Å². The second-order valence-corrected chi connectivity index (χ2v) is 7.98. The quantitative estimate of drug-likeness (QED) is 0.526. The lowest BCUT2D eigenvalue weighted by atomic mass is 10.0. The molecule has 3 aromatic rings. The number of anilines is 1. The predicted octanol–water partition coefficient (Wildman–Crippen LogP) is 3.58. The molecule has 2 N–H and O–H groups in total. The number of fused-ring (bicyclic) bond motifs is 1. The predicted molar refractivity (Wildman–Crippen MR) is 124 cm³/mol. The standard InChI is InChI=1S/C25H29NO6/c1-30-23-9-6-17(14-22(23)26(10-12-27)11-13-28)21-16-31-24-15-19(7-8-20(24)25(21)29)32-18-4-2-3-5-18/h6-9,14-16,18,27-28H,2-5,10-13H2,1H3. The Bertz CT molecular complexity index is 1110. The molecule has 170 valence electrons. The smallest absolute Gasteiger partial charge is 0.200 e. The Hall–Kier alpha value is -3.03. The molecule has 0 amide bonds. The Morgan fingerprint density at radius 3 is 2.50 bits per heavy atom.